The Balaban J connectivity index is 1.67. The Kier molecular flexibility index (Phi) is 9.52. The van der Waals surface area contributed by atoms with E-state index in [1.807, 2.05) is 42.5 Å². The number of carbonyl (C=O) groups excluding carboxylic acids is 3. The summed E-state index contributed by atoms with van der Waals surface area (Å²) in [5, 5.41) is 6.39. The summed E-state index contributed by atoms with van der Waals surface area (Å²) in [6.07, 6.45) is 4.88. The first kappa shape index (κ1) is 25.3. The van der Waals surface area contributed by atoms with Crippen LogP contribution < -0.4 is 15.4 Å². The fourth-order valence-electron chi connectivity index (χ4n) is 3.67. The van der Waals surface area contributed by atoms with Gasteiger partial charge in [-0.2, -0.15) is 0 Å². The molecule has 0 bridgehead atoms. The van der Waals surface area contributed by atoms with Gasteiger partial charge in [0.2, 0.25) is 11.8 Å². The third kappa shape index (κ3) is 7.63. The van der Waals surface area contributed by atoms with Gasteiger partial charge in [-0.1, -0.05) is 54.1 Å². The molecule has 180 valence electrons. The minimum Gasteiger partial charge on any atom is -0.496 e. The number of hydrogen-bond acceptors (Lipinski definition) is 5. The van der Waals surface area contributed by atoms with Crippen LogP contribution in [-0.2, 0) is 25.7 Å². The number of esters is 1. The Morgan fingerprint density at radius 3 is 2.68 bits per heavy atom. The summed E-state index contributed by atoms with van der Waals surface area (Å²) in [4.78, 5) is 37.8. The van der Waals surface area contributed by atoms with Crippen molar-refractivity contribution in [3.05, 3.63) is 76.8 Å². The van der Waals surface area contributed by atoms with Crippen LogP contribution in [-0.4, -0.2) is 31.5 Å². The number of para-hydroxylation sites is 1. The zero-order valence-corrected chi connectivity index (χ0v) is 19.8. The Morgan fingerprint density at radius 1 is 1.15 bits per heavy atom. The number of benzene rings is 2. The molecule has 7 nitrogen and oxygen atoms in total. The number of amides is 2. The van der Waals surface area contributed by atoms with Gasteiger partial charge >= 0.3 is 5.97 Å². The lowest BCUT2D eigenvalue weighted by Gasteiger charge is -2.23. The molecule has 0 spiro atoms. The molecule has 34 heavy (non-hydrogen) atoms. The van der Waals surface area contributed by atoms with Gasteiger partial charge in [-0.15, -0.1) is 0 Å². The lowest BCUT2D eigenvalue weighted by molar-refractivity contribution is -0.151. The van der Waals surface area contributed by atoms with Crippen LogP contribution in [0.3, 0.4) is 0 Å². The number of hydrogen-bond donors (Lipinski definition) is 2. The first-order valence-electron chi connectivity index (χ1n) is 11.2. The first-order valence-corrected chi connectivity index (χ1v) is 11.6. The number of halogens is 1. The molecular formula is C26H29ClN2O5. The molecule has 1 aliphatic heterocycles. The summed E-state index contributed by atoms with van der Waals surface area (Å²) >= 11 is 5.89. The predicted molar refractivity (Wildman–Crippen MR) is 129 cm³/mol. The molecular weight excluding hydrogens is 456 g/mol. The highest BCUT2D eigenvalue weighted by Gasteiger charge is 2.26. The zero-order chi connectivity index (χ0) is 24.3. The summed E-state index contributed by atoms with van der Waals surface area (Å²) in [6, 6.07) is 13.9. The monoisotopic (exact) mass is 484 g/mol. The molecule has 0 aliphatic carbocycles. The third-order valence-electron chi connectivity index (χ3n) is 5.54. The molecule has 0 saturated heterocycles. The van der Waals surface area contributed by atoms with Crippen LogP contribution in [0.25, 0.3) is 0 Å². The van der Waals surface area contributed by atoms with E-state index in [2.05, 4.69) is 10.6 Å². The Labute approximate surface area is 204 Å². The molecule has 0 radical (unpaired) electrons. The van der Waals surface area contributed by atoms with Crippen molar-refractivity contribution < 1.29 is 23.9 Å². The van der Waals surface area contributed by atoms with E-state index in [9.17, 15) is 14.4 Å². The van der Waals surface area contributed by atoms with E-state index in [0.717, 1.165) is 11.1 Å². The van der Waals surface area contributed by atoms with Crippen molar-refractivity contribution >= 4 is 29.4 Å². The number of allylic oxidation sites excluding steroid dienone is 2. The number of methoxy groups -OCH3 is 1. The number of nitrogens with one attached hydrogen (secondary N) is 2. The standard InChI is InChI=1S/C26H29ClN2O5/c1-33-23-9-6-5-8-21(23)22-17-34-26(32)19(7-3-2-4-10-24(30)29-22)15-25(31)28-16-18-11-13-20(27)14-12-18/h2-3,5-6,8-9,11-14,19,22H,4,7,10,15-17H2,1H3,(H,28,31)(H,29,30)/b3-2+/t19-,22-/m0/s1. The van der Waals surface area contributed by atoms with Crippen molar-refractivity contribution in [3.8, 4) is 5.75 Å². The molecule has 0 unspecified atom stereocenters. The third-order valence-corrected chi connectivity index (χ3v) is 5.79. The Morgan fingerprint density at radius 2 is 1.91 bits per heavy atom. The minimum atomic E-state index is -0.630. The summed E-state index contributed by atoms with van der Waals surface area (Å²) in [5.41, 5.74) is 1.63. The normalized spacial score (nSPS) is 20.2. The highest BCUT2D eigenvalue weighted by atomic mass is 35.5. The number of rotatable bonds is 6. The maximum Gasteiger partial charge on any atom is 0.309 e. The zero-order valence-electron chi connectivity index (χ0n) is 19.1. The van der Waals surface area contributed by atoms with E-state index in [1.54, 1.807) is 25.3 Å². The largest absolute Gasteiger partial charge is 0.496 e. The average Bonchev–Trinajstić information content (AvgIpc) is 2.84. The van der Waals surface area contributed by atoms with Gasteiger partial charge in [0.1, 0.15) is 12.4 Å². The van der Waals surface area contributed by atoms with Crippen LogP contribution in [0.5, 0.6) is 5.75 Å². The van der Waals surface area contributed by atoms with Crippen molar-refractivity contribution in [2.24, 2.45) is 5.92 Å². The van der Waals surface area contributed by atoms with E-state index < -0.39 is 17.9 Å². The van der Waals surface area contributed by atoms with E-state index in [-0.39, 0.29) is 24.8 Å². The average molecular weight is 485 g/mol. The molecule has 2 aromatic carbocycles. The second kappa shape index (κ2) is 12.8. The quantitative estimate of drug-likeness (QED) is 0.475. The first-order chi connectivity index (χ1) is 16.5. The van der Waals surface area contributed by atoms with E-state index in [1.165, 1.54) is 0 Å². The summed E-state index contributed by atoms with van der Waals surface area (Å²) in [6.45, 7) is 0.285. The maximum atomic E-state index is 12.9. The molecule has 2 N–H and O–H groups in total. The molecule has 2 amide bonds. The highest BCUT2D eigenvalue weighted by Crippen LogP contribution is 2.26. The number of cyclic esters (lactones) is 1. The van der Waals surface area contributed by atoms with E-state index >= 15 is 0 Å². The lowest BCUT2D eigenvalue weighted by atomic mass is 9.99. The number of ether oxygens (including phenoxy) is 2. The molecule has 2 aromatic rings. The summed E-state index contributed by atoms with van der Waals surface area (Å²) in [5.74, 6) is -0.910. The molecule has 0 aromatic heterocycles. The van der Waals surface area contributed by atoms with Gasteiger partial charge in [0, 0.05) is 30.0 Å². The van der Waals surface area contributed by atoms with Gasteiger partial charge in [-0.3, -0.25) is 14.4 Å². The van der Waals surface area contributed by atoms with Crippen molar-refractivity contribution in [3.63, 3.8) is 0 Å². The van der Waals surface area contributed by atoms with Gasteiger partial charge in [-0.25, -0.2) is 0 Å². The fraction of sp³-hybridized carbons (Fsp3) is 0.346. The molecule has 1 aliphatic rings. The lowest BCUT2D eigenvalue weighted by Crippen LogP contribution is -2.34. The van der Waals surface area contributed by atoms with E-state index in [0.29, 0.717) is 36.6 Å². The van der Waals surface area contributed by atoms with Crippen molar-refractivity contribution in [2.75, 3.05) is 13.7 Å². The summed E-state index contributed by atoms with van der Waals surface area (Å²) < 4.78 is 11.0. The van der Waals surface area contributed by atoms with Gasteiger partial charge in [0.15, 0.2) is 0 Å². The maximum absolute atomic E-state index is 12.9. The molecule has 0 saturated carbocycles. The van der Waals surface area contributed by atoms with Gasteiger partial charge in [0.05, 0.1) is 19.1 Å². The van der Waals surface area contributed by atoms with Crippen LogP contribution in [0.1, 0.15) is 42.9 Å². The smallest absolute Gasteiger partial charge is 0.309 e. The number of carbonyl (C=O) groups is 3. The van der Waals surface area contributed by atoms with Crippen LogP contribution in [0.2, 0.25) is 5.02 Å². The van der Waals surface area contributed by atoms with Crippen molar-refractivity contribution in [1.29, 1.82) is 0 Å². The molecule has 1 heterocycles. The van der Waals surface area contributed by atoms with E-state index in [4.69, 9.17) is 21.1 Å². The van der Waals surface area contributed by atoms with Gasteiger partial charge in [-0.05, 0) is 36.6 Å². The van der Waals surface area contributed by atoms with Crippen LogP contribution in [0.4, 0.5) is 0 Å². The molecule has 0 fully saturated rings. The predicted octanol–water partition coefficient (Wildman–Crippen LogP) is 4.11. The van der Waals surface area contributed by atoms with Gasteiger partial charge in [0.25, 0.3) is 0 Å². The second-order valence-corrected chi connectivity index (χ2v) is 8.48. The summed E-state index contributed by atoms with van der Waals surface area (Å²) in [7, 11) is 1.55. The van der Waals surface area contributed by atoms with Crippen LogP contribution in [0.15, 0.2) is 60.7 Å². The van der Waals surface area contributed by atoms with Crippen molar-refractivity contribution in [2.45, 2.75) is 38.3 Å². The molecule has 8 heteroatoms. The van der Waals surface area contributed by atoms with Crippen LogP contribution in [0, 0.1) is 5.92 Å². The Bertz CT molecular complexity index is 1020. The Hall–Kier alpha value is -3.32. The second-order valence-electron chi connectivity index (χ2n) is 8.04. The highest BCUT2D eigenvalue weighted by molar-refractivity contribution is 6.30. The minimum absolute atomic E-state index is 0.00243. The van der Waals surface area contributed by atoms with Crippen molar-refractivity contribution in [1.82, 2.24) is 10.6 Å². The van der Waals surface area contributed by atoms with Gasteiger partial charge < -0.3 is 20.1 Å². The molecule has 3 rings (SSSR count). The van der Waals surface area contributed by atoms with Crippen LogP contribution >= 0.6 is 11.6 Å². The topological polar surface area (TPSA) is 93.7 Å². The molecule has 2 atom stereocenters. The fourth-order valence-corrected chi connectivity index (χ4v) is 3.79. The SMILES string of the molecule is COc1ccccc1[C@@H]1COC(=O)[C@H](CC(=O)NCc2ccc(Cl)cc2)C/C=C/CCC(=O)N1.